The summed E-state index contributed by atoms with van der Waals surface area (Å²) < 4.78 is 25.6. The van der Waals surface area contributed by atoms with E-state index in [1.807, 2.05) is 45.9 Å². The zero-order valence-corrected chi connectivity index (χ0v) is 17.3. The van der Waals surface area contributed by atoms with Crippen molar-refractivity contribution in [1.29, 1.82) is 0 Å². The van der Waals surface area contributed by atoms with Gasteiger partial charge in [-0.2, -0.15) is 0 Å². The number of fused-ring (bicyclic) bond motifs is 1. The lowest BCUT2D eigenvalue weighted by Gasteiger charge is -2.23. The molecule has 1 atom stereocenters. The predicted molar refractivity (Wildman–Crippen MR) is 110 cm³/mol. The minimum absolute atomic E-state index is 0.0734. The molecule has 0 spiro atoms. The molecule has 2 aromatic rings. The number of sulfonamides is 1. The maximum Gasteiger partial charge on any atom is 0.258 e. The van der Waals surface area contributed by atoms with Crippen LogP contribution >= 0.6 is 0 Å². The third-order valence-corrected chi connectivity index (χ3v) is 6.19. The van der Waals surface area contributed by atoms with E-state index in [1.165, 1.54) is 10.6 Å². The quantitative estimate of drug-likeness (QED) is 0.805. The second-order valence-corrected chi connectivity index (χ2v) is 9.21. The van der Waals surface area contributed by atoms with Crippen LogP contribution in [0.2, 0.25) is 0 Å². The molecule has 1 amide bonds. The van der Waals surface area contributed by atoms with Gasteiger partial charge in [0.15, 0.2) is 0 Å². The number of carbonyl (C=O) groups excluding carboxylic acids is 1. The lowest BCUT2D eigenvalue weighted by atomic mass is 10.1. The zero-order chi connectivity index (χ0) is 19.9. The van der Waals surface area contributed by atoms with Crippen LogP contribution in [0.4, 0.5) is 11.4 Å². The van der Waals surface area contributed by atoms with Gasteiger partial charge in [-0.3, -0.25) is 9.10 Å². The van der Waals surface area contributed by atoms with Crippen molar-refractivity contribution in [2.45, 2.75) is 40.2 Å². The number of anilines is 2. The van der Waals surface area contributed by atoms with Crippen LogP contribution in [-0.2, 0) is 16.4 Å². The van der Waals surface area contributed by atoms with E-state index in [0.717, 1.165) is 22.4 Å². The molecule has 1 aliphatic rings. The molecular weight excluding hydrogens is 360 g/mol. The summed E-state index contributed by atoms with van der Waals surface area (Å²) in [6, 6.07) is 11.3. The first-order chi connectivity index (χ1) is 12.6. The number of aryl methyl sites for hydroxylation is 2. The SMILES string of the molecule is CCN(C(=O)c1ccc2c(c1)CC(C)N2S(C)(=O)=O)c1cc(C)cc(C)c1. The first-order valence-electron chi connectivity index (χ1n) is 9.14. The molecule has 0 N–H and O–H groups in total. The van der Waals surface area contributed by atoms with E-state index in [-0.39, 0.29) is 11.9 Å². The highest BCUT2D eigenvalue weighted by atomic mass is 32.2. The second-order valence-electron chi connectivity index (χ2n) is 7.35. The smallest absolute Gasteiger partial charge is 0.258 e. The van der Waals surface area contributed by atoms with Crippen LogP contribution in [0.3, 0.4) is 0 Å². The summed E-state index contributed by atoms with van der Waals surface area (Å²) in [5.74, 6) is -0.0734. The average molecular weight is 387 g/mol. The van der Waals surface area contributed by atoms with E-state index in [4.69, 9.17) is 0 Å². The largest absolute Gasteiger partial charge is 0.309 e. The normalized spacial score (nSPS) is 16.3. The molecule has 0 bridgehead atoms. The molecule has 1 heterocycles. The Hall–Kier alpha value is -2.34. The van der Waals surface area contributed by atoms with Crippen molar-refractivity contribution in [1.82, 2.24) is 0 Å². The Kier molecular flexibility index (Phi) is 5.04. The highest BCUT2D eigenvalue weighted by molar-refractivity contribution is 7.92. The maximum absolute atomic E-state index is 13.2. The Balaban J connectivity index is 1.97. The highest BCUT2D eigenvalue weighted by Crippen LogP contribution is 2.35. The molecule has 0 aliphatic carbocycles. The summed E-state index contributed by atoms with van der Waals surface area (Å²) in [6.07, 6.45) is 1.83. The van der Waals surface area contributed by atoms with Gasteiger partial charge in [-0.25, -0.2) is 8.42 Å². The van der Waals surface area contributed by atoms with Gasteiger partial charge in [0.1, 0.15) is 0 Å². The van der Waals surface area contributed by atoms with Crippen molar-refractivity contribution in [3.63, 3.8) is 0 Å². The minimum Gasteiger partial charge on any atom is -0.309 e. The molecule has 0 fully saturated rings. The number of hydrogen-bond donors (Lipinski definition) is 0. The fourth-order valence-electron chi connectivity index (χ4n) is 3.95. The van der Waals surface area contributed by atoms with Crippen LogP contribution in [0.5, 0.6) is 0 Å². The fraction of sp³-hybridized carbons (Fsp3) is 0.381. The average Bonchev–Trinajstić information content (AvgIpc) is 2.89. The van der Waals surface area contributed by atoms with Crippen LogP contribution in [-0.4, -0.2) is 33.2 Å². The Bertz CT molecular complexity index is 978. The Labute approximate surface area is 161 Å². The predicted octanol–water partition coefficient (Wildman–Crippen LogP) is 3.68. The zero-order valence-electron chi connectivity index (χ0n) is 16.5. The molecule has 27 heavy (non-hydrogen) atoms. The molecule has 5 nitrogen and oxygen atoms in total. The number of carbonyl (C=O) groups is 1. The molecular formula is C21H26N2O3S. The van der Waals surface area contributed by atoms with Crippen molar-refractivity contribution in [2.24, 2.45) is 0 Å². The summed E-state index contributed by atoms with van der Waals surface area (Å²) in [7, 11) is -3.33. The number of nitrogens with zero attached hydrogens (tertiary/aromatic N) is 2. The summed E-state index contributed by atoms with van der Waals surface area (Å²) in [6.45, 7) is 8.44. The van der Waals surface area contributed by atoms with Crippen LogP contribution in [0.25, 0.3) is 0 Å². The van der Waals surface area contributed by atoms with E-state index in [9.17, 15) is 13.2 Å². The summed E-state index contributed by atoms with van der Waals surface area (Å²) >= 11 is 0. The van der Waals surface area contributed by atoms with Crippen molar-refractivity contribution in [3.8, 4) is 0 Å². The van der Waals surface area contributed by atoms with Gasteiger partial charge >= 0.3 is 0 Å². The first-order valence-corrected chi connectivity index (χ1v) is 11.0. The summed E-state index contributed by atoms with van der Waals surface area (Å²) in [5, 5.41) is 0. The first kappa shape index (κ1) is 19.4. The van der Waals surface area contributed by atoms with Crippen LogP contribution in [0, 0.1) is 13.8 Å². The molecule has 0 saturated heterocycles. The van der Waals surface area contributed by atoms with Crippen molar-refractivity contribution in [3.05, 3.63) is 58.7 Å². The second kappa shape index (κ2) is 7.00. The van der Waals surface area contributed by atoms with E-state index < -0.39 is 10.0 Å². The highest BCUT2D eigenvalue weighted by Gasteiger charge is 2.33. The Morgan fingerprint density at radius 3 is 2.33 bits per heavy atom. The van der Waals surface area contributed by atoms with Gasteiger partial charge < -0.3 is 4.90 Å². The van der Waals surface area contributed by atoms with Gasteiger partial charge in [-0.1, -0.05) is 6.07 Å². The molecule has 3 rings (SSSR count). The molecule has 0 saturated carbocycles. The number of benzene rings is 2. The monoisotopic (exact) mass is 386 g/mol. The van der Waals surface area contributed by atoms with Gasteiger partial charge in [0.2, 0.25) is 10.0 Å². The van der Waals surface area contributed by atoms with Crippen molar-refractivity contribution < 1.29 is 13.2 Å². The molecule has 0 radical (unpaired) electrons. The molecule has 1 aliphatic heterocycles. The van der Waals surface area contributed by atoms with Crippen molar-refractivity contribution >= 4 is 27.3 Å². The molecule has 0 aromatic heterocycles. The van der Waals surface area contributed by atoms with Gasteiger partial charge in [-0.15, -0.1) is 0 Å². The molecule has 6 heteroatoms. The van der Waals surface area contributed by atoms with Gasteiger partial charge in [0.25, 0.3) is 5.91 Å². The molecule has 1 unspecified atom stereocenters. The van der Waals surface area contributed by atoms with E-state index in [0.29, 0.717) is 24.2 Å². The topological polar surface area (TPSA) is 57.7 Å². The van der Waals surface area contributed by atoms with E-state index >= 15 is 0 Å². The van der Waals surface area contributed by atoms with Crippen LogP contribution in [0.15, 0.2) is 36.4 Å². The summed E-state index contributed by atoms with van der Waals surface area (Å²) in [4.78, 5) is 14.9. The number of hydrogen-bond acceptors (Lipinski definition) is 3. The number of amides is 1. The minimum atomic E-state index is -3.33. The van der Waals surface area contributed by atoms with E-state index in [1.54, 1.807) is 17.0 Å². The van der Waals surface area contributed by atoms with E-state index in [2.05, 4.69) is 6.07 Å². The third kappa shape index (κ3) is 3.72. The third-order valence-electron chi connectivity index (χ3n) is 4.92. The van der Waals surface area contributed by atoms with Gasteiger partial charge in [0, 0.05) is 23.8 Å². The molecule has 144 valence electrons. The number of rotatable bonds is 4. The van der Waals surface area contributed by atoms with Gasteiger partial charge in [-0.05, 0) is 81.1 Å². The fourth-order valence-corrected chi connectivity index (χ4v) is 5.21. The summed E-state index contributed by atoms with van der Waals surface area (Å²) in [5.41, 5.74) is 5.26. The van der Waals surface area contributed by atoms with Crippen molar-refractivity contribution in [2.75, 3.05) is 22.0 Å². The maximum atomic E-state index is 13.2. The van der Waals surface area contributed by atoms with Crippen LogP contribution in [0.1, 0.15) is 40.9 Å². The van der Waals surface area contributed by atoms with Gasteiger partial charge in [0.05, 0.1) is 11.9 Å². The Morgan fingerprint density at radius 1 is 1.15 bits per heavy atom. The lowest BCUT2D eigenvalue weighted by Crippen LogP contribution is -2.34. The Morgan fingerprint density at radius 2 is 1.78 bits per heavy atom. The standard InChI is InChI=1S/C21H26N2O3S/c1-6-22(19-10-14(2)9-15(3)11-19)21(24)17-7-8-20-18(13-17)12-16(4)23(20)27(5,25)26/h7-11,13,16H,6,12H2,1-5H3. The lowest BCUT2D eigenvalue weighted by molar-refractivity contribution is 0.0988. The van der Waals surface area contributed by atoms with Crippen LogP contribution < -0.4 is 9.21 Å². The molecule has 2 aromatic carbocycles.